The number of aromatic nitrogens is 1. The predicted octanol–water partition coefficient (Wildman–Crippen LogP) is 2.66. The summed E-state index contributed by atoms with van der Waals surface area (Å²) in [6.45, 7) is 6.83. The van der Waals surface area contributed by atoms with Crippen molar-refractivity contribution < 1.29 is 0 Å². The van der Waals surface area contributed by atoms with Gasteiger partial charge in [-0.25, -0.2) is 4.98 Å². The quantitative estimate of drug-likeness (QED) is 0.879. The molecule has 0 spiro atoms. The number of hydrogen-bond acceptors (Lipinski definition) is 4. The highest BCUT2D eigenvalue weighted by Crippen LogP contribution is 2.27. The van der Waals surface area contributed by atoms with Crippen molar-refractivity contribution in [2.45, 2.75) is 32.7 Å². The Morgan fingerprint density at radius 1 is 1.50 bits per heavy atom. The first-order valence-corrected chi connectivity index (χ1v) is 6.96. The van der Waals surface area contributed by atoms with Gasteiger partial charge in [0.25, 0.3) is 0 Å². The van der Waals surface area contributed by atoms with Crippen molar-refractivity contribution in [1.29, 1.82) is 0 Å². The smallest absolute Gasteiger partial charge is 0.185 e. The van der Waals surface area contributed by atoms with Gasteiger partial charge in [0, 0.05) is 24.5 Å². The van der Waals surface area contributed by atoms with Crippen LogP contribution in [0.3, 0.4) is 0 Å². The number of piperidine rings is 1. The summed E-state index contributed by atoms with van der Waals surface area (Å²) < 4.78 is 0. The van der Waals surface area contributed by atoms with Gasteiger partial charge in [-0.1, -0.05) is 6.92 Å². The summed E-state index contributed by atoms with van der Waals surface area (Å²) in [6.07, 6.45) is 2.60. The Morgan fingerprint density at radius 3 is 2.81 bits per heavy atom. The molecule has 1 aliphatic heterocycles. The Hall–Kier alpha value is -0.610. The molecule has 1 aromatic heterocycles. The molecule has 2 rings (SSSR count). The molecule has 1 N–H and O–H groups in total. The Morgan fingerprint density at radius 2 is 2.19 bits per heavy atom. The highest BCUT2D eigenvalue weighted by Gasteiger charge is 2.19. The molecule has 1 unspecified atom stereocenters. The number of nitrogens with one attached hydrogen (secondary N) is 1. The molecule has 1 saturated heterocycles. The van der Waals surface area contributed by atoms with Crippen LogP contribution in [0.15, 0.2) is 5.38 Å². The van der Waals surface area contributed by atoms with Crippen LogP contribution in [-0.4, -0.2) is 25.1 Å². The molecule has 90 valence electrons. The van der Waals surface area contributed by atoms with E-state index in [0.717, 1.165) is 5.92 Å². The average molecular weight is 239 g/mol. The van der Waals surface area contributed by atoms with E-state index in [0.29, 0.717) is 6.04 Å². The lowest BCUT2D eigenvalue weighted by molar-refractivity contribution is 0.438. The minimum atomic E-state index is 0.355. The van der Waals surface area contributed by atoms with E-state index in [-0.39, 0.29) is 0 Å². The zero-order valence-corrected chi connectivity index (χ0v) is 11.2. The van der Waals surface area contributed by atoms with Crippen LogP contribution >= 0.6 is 11.3 Å². The largest absolute Gasteiger partial charge is 0.348 e. The van der Waals surface area contributed by atoms with E-state index in [1.165, 1.54) is 36.8 Å². The molecule has 2 heterocycles. The number of hydrogen-bond donors (Lipinski definition) is 1. The molecule has 1 atom stereocenters. The Bertz CT molecular complexity index is 329. The second-order valence-corrected chi connectivity index (χ2v) is 5.57. The van der Waals surface area contributed by atoms with E-state index in [1.807, 2.05) is 7.05 Å². The summed E-state index contributed by atoms with van der Waals surface area (Å²) in [6, 6.07) is 0.355. The molecule has 0 amide bonds. The lowest BCUT2D eigenvalue weighted by atomic mass is 10.00. The fourth-order valence-electron chi connectivity index (χ4n) is 1.97. The van der Waals surface area contributed by atoms with Crippen LogP contribution in [0.4, 0.5) is 5.13 Å². The minimum Gasteiger partial charge on any atom is -0.348 e. The van der Waals surface area contributed by atoms with Gasteiger partial charge >= 0.3 is 0 Å². The Kier molecular flexibility index (Phi) is 3.82. The molecular weight excluding hydrogens is 218 g/mol. The first kappa shape index (κ1) is 11.9. The summed E-state index contributed by atoms with van der Waals surface area (Å²) in [5, 5.41) is 6.60. The van der Waals surface area contributed by atoms with E-state index in [9.17, 15) is 0 Å². The van der Waals surface area contributed by atoms with Gasteiger partial charge in [0.15, 0.2) is 5.13 Å². The van der Waals surface area contributed by atoms with E-state index < -0.39 is 0 Å². The van der Waals surface area contributed by atoms with E-state index in [4.69, 9.17) is 4.98 Å². The van der Waals surface area contributed by atoms with E-state index in [1.54, 1.807) is 11.3 Å². The summed E-state index contributed by atoms with van der Waals surface area (Å²) in [4.78, 5) is 7.14. The van der Waals surface area contributed by atoms with Crippen LogP contribution in [0, 0.1) is 5.92 Å². The summed E-state index contributed by atoms with van der Waals surface area (Å²) in [5.74, 6) is 0.881. The van der Waals surface area contributed by atoms with Crippen molar-refractivity contribution in [3.63, 3.8) is 0 Å². The van der Waals surface area contributed by atoms with Crippen molar-refractivity contribution in [3.8, 4) is 0 Å². The molecule has 0 radical (unpaired) electrons. The van der Waals surface area contributed by atoms with Crippen molar-refractivity contribution in [2.24, 2.45) is 5.92 Å². The van der Waals surface area contributed by atoms with Crippen LogP contribution in [0.2, 0.25) is 0 Å². The zero-order valence-electron chi connectivity index (χ0n) is 10.4. The molecule has 3 nitrogen and oxygen atoms in total. The summed E-state index contributed by atoms with van der Waals surface area (Å²) >= 11 is 1.78. The van der Waals surface area contributed by atoms with Gasteiger partial charge in [-0.3, -0.25) is 0 Å². The van der Waals surface area contributed by atoms with Gasteiger partial charge in [-0.15, -0.1) is 11.3 Å². The molecule has 4 heteroatoms. The number of anilines is 1. The number of nitrogens with zero attached hydrogens (tertiary/aromatic N) is 2. The SMILES string of the molecule is CNC(C)c1csc(N2CCC(C)CC2)n1. The fourth-order valence-corrected chi connectivity index (χ4v) is 2.94. The third-order valence-electron chi connectivity index (χ3n) is 3.44. The molecule has 0 saturated carbocycles. The third kappa shape index (κ3) is 2.55. The van der Waals surface area contributed by atoms with Crippen molar-refractivity contribution >= 4 is 16.5 Å². The van der Waals surface area contributed by atoms with Crippen LogP contribution in [0.1, 0.15) is 38.4 Å². The monoisotopic (exact) mass is 239 g/mol. The molecule has 0 aliphatic carbocycles. The average Bonchev–Trinajstić information content (AvgIpc) is 2.78. The third-order valence-corrected chi connectivity index (χ3v) is 4.36. The molecule has 0 bridgehead atoms. The molecule has 16 heavy (non-hydrogen) atoms. The molecule has 1 aliphatic rings. The topological polar surface area (TPSA) is 28.2 Å². The van der Waals surface area contributed by atoms with Crippen LogP contribution in [0.5, 0.6) is 0 Å². The molecule has 1 fully saturated rings. The Balaban J connectivity index is 2.01. The van der Waals surface area contributed by atoms with Crippen molar-refractivity contribution in [3.05, 3.63) is 11.1 Å². The Labute approximate surface area is 102 Å². The van der Waals surface area contributed by atoms with Crippen LogP contribution in [-0.2, 0) is 0 Å². The lowest BCUT2D eigenvalue weighted by Crippen LogP contribution is -2.32. The maximum absolute atomic E-state index is 4.71. The van der Waals surface area contributed by atoms with Gasteiger partial charge in [-0.05, 0) is 32.7 Å². The van der Waals surface area contributed by atoms with E-state index >= 15 is 0 Å². The molecule has 0 aromatic carbocycles. The van der Waals surface area contributed by atoms with E-state index in [2.05, 4.69) is 29.4 Å². The maximum Gasteiger partial charge on any atom is 0.185 e. The minimum absolute atomic E-state index is 0.355. The highest BCUT2D eigenvalue weighted by molar-refractivity contribution is 7.13. The second kappa shape index (κ2) is 5.15. The number of thiazole rings is 1. The molecule has 1 aromatic rings. The first-order valence-electron chi connectivity index (χ1n) is 6.08. The standard InChI is InChI=1S/C12H21N3S/c1-9-4-6-15(7-5-9)12-14-11(8-16-12)10(2)13-3/h8-10,13H,4-7H2,1-3H3. The maximum atomic E-state index is 4.71. The summed E-state index contributed by atoms with van der Waals surface area (Å²) in [7, 11) is 1.98. The van der Waals surface area contributed by atoms with Gasteiger partial charge in [0.2, 0.25) is 0 Å². The second-order valence-electron chi connectivity index (χ2n) is 4.73. The fraction of sp³-hybridized carbons (Fsp3) is 0.750. The first-order chi connectivity index (χ1) is 7.70. The lowest BCUT2D eigenvalue weighted by Gasteiger charge is -2.29. The van der Waals surface area contributed by atoms with Gasteiger partial charge in [0.05, 0.1) is 5.69 Å². The highest BCUT2D eigenvalue weighted by atomic mass is 32.1. The predicted molar refractivity (Wildman–Crippen MR) is 70.2 cm³/mol. The number of rotatable bonds is 3. The van der Waals surface area contributed by atoms with Crippen molar-refractivity contribution in [1.82, 2.24) is 10.3 Å². The van der Waals surface area contributed by atoms with Crippen LogP contribution < -0.4 is 10.2 Å². The van der Waals surface area contributed by atoms with Gasteiger partial charge in [-0.2, -0.15) is 0 Å². The normalized spacial score (nSPS) is 20.1. The van der Waals surface area contributed by atoms with Crippen LogP contribution in [0.25, 0.3) is 0 Å². The zero-order chi connectivity index (χ0) is 11.5. The van der Waals surface area contributed by atoms with Gasteiger partial charge in [0.1, 0.15) is 0 Å². The molecular formula is C12H21N3S. The summed E-state index contributed by atoms with van der Waals surface area (Å²) in [5.41, 5.74) is 1.17. The van der Waals surface area contributed by atoms with Gasteiger partial charge < -0.3 is 10.2 Å². The van der Waals surface area contributed by atoms with Crippen molar-refractivity contribution in [2.75, 3.05) is 25.0 Å².